The minimum Gasteiger partial charge on any atom is -0.491 e. The zero-order chi connectivity index (χ0) is 23.2. The molecule has 0 saturated carbocycles. The van der Waals surface area contributed by atoms with E-state index in [0.29, 0.717) is 24.8 Å². The molecule has 2 heterocycles. The Balaban J connectivity index is 1.21. The molecule has 0 unspecified atom stereocenters. The van der Waals surface area contributed by atoms with Crippen molar-refractivity contribution in [3.8, 4) is 17.1 Å². The number of halogens is 1. The molecule has 0 spiro atoms. The summed E-state index contributed by atoms with van der Waals surface area (Å²) < 4.78 is 12.1. The summed E-state index contributed by atoms with van der Waals surface area (Å²) in [5.41, 5.74) is 1.99. The fraction of sp³-hybridized carbons (Fsp3) is 0.400. The van der Waals surface area contributed by atoms with Crippen LogP contribution in [0.25, 0.3) is 11.4 Å². The molecule has 0 bridgehead atoms. The van der Waals surface area contributed by atoms with E-state index in [1.54, 1.807) is 0 Å². The van der Waals surface area contributed by atoms with Gasteiger partial charge < -0.3 is 14.6 Å². The number of carbonyl (C=O) groups is 1. The standard InChI is InChI=1S/C25H29BrN4O3/c1-17(2)32-22-9-3-18(4-10-22)15-27-25(31)20-11-13-30(14-12-20)16-23-28-24(29-33-23)19-5-7-21(26)8-6-19/h3-10,17,20H,11-16H2,1-2H3,(H,27,31). The van der Waals surface area contributed by atoms with Crippen LogP contribution in [0.15, 0.2) is 57.5 Å². The molecule has 1 saturated heterocycles. The smallest absolute Gasteiger partial charge is 0.241 e. The van der Waals surface area contributed by atoms with E-state index in [1.165, 1.54) is 0 Å². The Labute approximate surface area is 202 Å². The number of rotatable bonds is 8. The van der Waals surface area contributed by atoms with Crippen molar-refractivity contribution < 1.29 is 14.1 Å². The molecule has 0 atom stereocenters. The van der Waals surface area contributed by atoms with Gasteiger partial charge in [0, 0.05) is 22.5 Å². The number of aromatic nitrogens is 2. The van der Waals surface area contributed by atoms with Gasteiger partial charge in [-0.25, -0.2) is 0 Å². The van der Waals surface area contributed by atoms with Crippen LogP contribution < -0.4 is 10.1 Å². The number of likely N-dealkylation sites (tertiary alicyclic amines) is 1. The van der Waals surface area contributed by atoms with Crippen molar-refractivity contribution in [1.29, 1.82) is 0 Å². The van der Waals surface area contributed by atoms with E-state index in [1.807, 2.05) is 62.4 Å². The van der Waals surface area contributed by atoms with Gasteiger partial charge in [0.1, 0.15) is 5.75 Å². The molecule has 0 radical (unpaired) electrons. The Bertz CT molecular complexity index is 1040. The summed E-state index contributed by atoms with van der Waals surface area (Å²) >= 11 is 3.43. The normalized spacial score (nSPS) is 15.0. The molecule has 3 aromatic rings. The lowest BCUT2D eigenvalue weighted by atomic mass is 9.96. The van der Waals surface area contributed by atoms with Crippen molar-refractivity contribution in [2.75, 3.05) is 13.1 Å². The van der Waals surface area contributed by atoms with E-state index < -0.39 is 0 Å². The Morgan fingerprint density at radius 1 is 1.15 bits per heavy atom. The number of nitrogens with zero attached hydrogens (tertiary/aromatic N) is 3. The highest BCUT2D eigenvalue weighted by molar-refractivity contribution is 9.10. The van der Waals surface area contributed by atoms with Gasteiger partial charge in [0.2, 0.25) is 17.6 Å². The Morgan fingerprint density at radius 2 is 1.85 bits per heavy atom. The van der Waals surface area contributed by atoms with Crippen molar-refractivity contribution in [3.05, 3.63) is 64.5 Å². The van der Waals surface area contributed by atoms with Crippen LogP contribution in [-0.2, 0) is 17.9 Å². The minimum absolute atomic E-state index is 0.0332. The maximum Gasteiger partial charge on any atom is 0.241 e. The number of ether oxygens (including phenoxy) is 1. The fourth-order valence-electron chi connectivity index (χ4n) is 3.87. The summed E-state index contributed by atoms with van der Waals surface area (Å²) in [6.07, 6.45) is 1.79. The molecule has 2 aromatic carbocycles. The lowest BCUT2D eigenvalue weighted by molar-refractivity contribution is -0.126. The molecule has 1 N–H and O–H groups in total. The zero-order valence-corrected chi connectivity index (χ0v) is 20.5. The first-order valence-electron chi connectivity index (χ1n) is 11.3. The number of amides is 1. The molecule has 8 heteroatoms. The van der Waals surface area contributed by atoms with Gasteiger partial charge in [-0.15, -0.1) is 0 Å². The summed E-state index contributed by atoms with van der Waals surface area (Å²) in [6, 6.07) is 15.7. The SMILES string of the molecule is CC(C)Oc1ccc(CNC(=O)C2CCN(Cc3nc(-c4ccc(Br)cc4)no3)CC2)cc1. The average molecular weight is 513 g/mol. The number of benzene rings is 2. The maximum atomic E-state index is 12.6. The molecule has 1 aliphatic heterocycles. The second kappa shape index (κ2) is 10.9. The topological polar surface area (TPSA) is 80.5 Å². The Kier molecular flexibility index (Phi) is 7.77. The predicted molar refractivity (Wildman–Crippen MR) is 129 cm³/mol. The van der Waals surface area contributed by atoms with Gasteiger partial charge in [0.15, 0.2) is 0 Å². The van der Waals surface area contributed by atoms with Crippen LogP contribution in [0.1, 0.15) is 38.1 Å². The van der Waals surface area contributed by atoms with Gasteiger partial charge in [0.05, 0.1) is 12.6 Å². The van der Waals surface area contributed by atoms with Crippen LogP contribution >= 0.6 is 15.9 Å². The molecule has 33 heavy (non-hydrogen) atoms. The molecule has 0 aliphatic carbocycles. The highest BCUT2D eigenvalue weighted by Gasteiger charge is 2.26. The van der Waals surface area contributed by atoms with Crippen LogP contribution in [0.4, 0.5) is 0 Å². The largest absolute Gasteiger partial charge is 0.491 e. The third-order valence-electron chi connectivity index (χ3n) is 5.65. The summed E-state index contributed by atoms with van der Waals surface area (Å²) in [5, 5.41) is 7.17. The number of hydrogen-bond donors (Lipinski definition) is 1. The van der Waals surface area contributed by atoms with Gasteiger partial charge in [-0.05, 0) is 81.7 Å². The van der Waals surface area contributed by atoms with Crippen LogP contribution in [0.5, 0.6) is 5.75 Å². The van der Waals surface area contributed by atoms with Crippen LogP contribution in [-0.4, -0.2) is 40.1 Å². The number of piperidine rings is 1. The van der Waals surface area contributed by atoms with E-state index in [0.717, 1.165) is 47.3 Å². The summed E-state index contributed by atoms with van der Waals surface area (Å²) in [6.45, 7) is 6.79. The van der Waals surface area contributed by atoms with Gasteiger partial charge in [-0.1, -0.05) is 33.2 Å². The second-order valence-corrected chi connectivity index (χ2v) is 9.51. The van der Waals surface area contributed by atoms with Gasteiger partial charge in [0.25, 0.3) is 0 Å². The summed E-state index contributed by atoms with van der Waals surface area (Å²) in [5.74, 6) is 2.19. The first-order valence-corrected chi connectivity index (χ1v) is 12.1. The highest BCUT2D eigenvalue weighted by Crippen LogP contribution is 2.22. The first-order chi connectivity index (χ1) is 16.0. The van der Waals surface area contributed by atoms with Gasteiger partial charge in [-0.3, -0.25) is 9.69 Å². The molecule has 7 nitrogen and oxygen atoms in total. The lowest BCUT2D eigenvalue weighted by Crippen LogP contribution is -2.40. The van der Waals surface area contributed by atoms with Gasteiger partial charge >= 0.3 is 0 Å². The molecule has 1 aromatic heterocycles. The van der Waals surface area contributed by atoms with E-state index in [2.05, 4.69) is 36.3 Å². The molecule has 1 amide bonds. The summed E-state index contributed by atoms with van der Waals surface area (Å²) in [4.78, 5) is 19.4. The molecular formula is C25H29BrN4O3. The highest BCUT2D eigenvalue weighted by atomic mass is 79.9. The van der Waals surface area contributed by atoms with Gasteiger partial charge in [-0.2, -0.15) is 4.98 Å². The molecular weight excluding hydrogens is 484 g/mol. The number of nitrogens with one attached hydrogen (secondary N) is 1. The molecule has 1 fully saturated rings. The van der Waals surface area contributed by atoms with Crippen LogP contribution in [0.3, 0.4) is 0 Å². The molecule has 1 aliphatic rings. The quantitative estimate of drug-likeness (QED) is 0.466. The third-order valence-corrected chi connectivity index (χ3v) is 6.18. The predicted octanol–water partition coefficient (Wildman–Crippen LogP) is 4.81. The lowest BCUT2D eigenvalue weighted by Gasteiger charge is -2.30. The number of carbonyl (C=O) groups excluding carboxylic acids is 1. The van der Waals surface area contributed by atoms with Crippen molar-refractivity contribution in [2.24, 2.45) is 5.92 Å². The molecule has 4 rings (SSSR count). The van der Waals surface area contributed by atoms with E-state index in [9.17, 15) is 4.79 Å². The Hall–Kier alpha value is -2.71. The monoisotopic (exact) mass is 512 g/mol. The maximum absolute atomic E-state index is 12.6. The van der Waals surface area contributed by atoms with E-state index in [-0.39, 0.29) is 17.9 Å². The second-order valence-electron chi connectivity index (χ2n) is 8.60. The zero-order valence-electron chi connectivity index (χ0n) is 19.0. The van der Waals surface area contributed by atoms with Crippen LogP contribution in [0, 0.1) is 5.92 Å². The van der Waals surface area contributed by atoms with E-state index >= 15 is 0 Å². The van der Waals surface area contributed by atoms with Crippen molar-refractivity contribution >= 4 is 21.8 Å². The minimum atomic E-state index is 0.0332. The molecule has 174 valence electrons. The summed E-state index contributed by atoms with van der Waals surface area (Å²) in [7, 11) is 0. The van der Waals surface area contributed by atoms with E-state index in [4.69, 9.17) is 9.26 Å². The third kappa shape index (κ3) is 6.65. The fourth-order valence-corrected chi connectivity index (χ4v) is 4.14. The van der Waals surface area contributed by atoms with Crippen molar-refractivity contribution in [1.82, 2.24) is 20.4 Å². The number of hydrogen-bond acceptors (Lipinski definition) is 6. The Morgan fingerprint density at radius 3 is 2.52 bits per heavy atom. The van der Waals surface area contributed by atoms with Crippen molar-refractivity contribution in [2.45, 2.75) is 45.9 Å². The average Bonchev–Trinajstić information content (AvgIpc) is 3.27. The first kappa shape index (κ1) is 23.4. The van der Waals surface area contributed by atoms with Crippen molar-refractivity contribution in [3.63, 3.8) is 0 Å². The van der Waals surface area contributed by atoms with Crippen LogP contribution in [0.2, 0.25) is 0 Å².